The maximum absolute atomic E-state index is 11.2. The molecule has 35 heavy (non-hydrogen) atoms. The molecule has 5 rings (SSSR count). The van der Waals surface area contributed by atoms with Crippen LogP contribution in [0.15, 0.2) is 24.4 Å². The molecule has 2 saturated heterocycles. The minimum atomic E-state index is -0.660. The molecule has 2 N–H and O–H groups in total. The molecule has 3 fully saturated rings. The number of benzene rings is 1. The molecular formula is C25H28Cl2N6O2. The Morgan fingerprint density at radius 2 is 2.03 bits per heavy atom. The van der Waals surface area contributed by atoms with Gasteiger partial charge in [0.05, 0.1) is 12.1 Å². The van der Waals surface area contributed by atoms with E-state index >= 15 is 0 Å². The van der Waals surface area contributed by atoms with Crippen LogP contribution in [0.25, 0.3) is 0 Å². The minimum absolute atomic E-state index is 0.167. The Morgan fingerprint density at radius 1 is 1.23 bits per heavy atom. The molecule has 184 valence electrons. The first-order chi connectivity index (χ1) is 16.9. The highest BCUT2D eigenvalue weighted by Crippen LogP contribution is 2.38. The van der Waals surface area contributed by atoms with Crippen LogP contribution in [0.3, 0.4) is 0 Å². The third-order valence-corrected chi connectivity index (χ3v) is 8.27. The number of carboxylic acid groups (broad SMARTS) is 1. The zero-order chi connectivity index (χ0) is 24.5. The normalized spacial score (nSPS) is 24.8. The molecule has 1 unspecified atom stereocenters. The summed E-state index contributed by atoms with van der Waals surface area (Å²) in [6, 6.07) is 7.96. The summed E-state index contributed by atoms with van der Waals surface area (Å²) < 4.78 is 0. The highest BCUT2D eigenvalue weighted by Gasteiger charge is 2.42. The van der Waals surface area contributed by atoms with Gasteiger partial charge in [0, 0.05) is 42.3 Å². The van der Waals surface area contributed by atoms with Gasteiger partial charge in [-0.05, 0) is 61.8 Å². The Kier molecular flexibility index (Phi) is 7.01. The van der Waals surface area contributed by atoms with Crippen molar-refractivity contribution >= 4 is 40.8 Å². The molecule has 3 aliphatic rings. The number of nitrogens with one attached hydrogen (secondary N) is 1. The van der Waals surface area contributed by atoms with Crippen molar-refractivity contribution in [1.29, 1.82) is 5.26 Å². The van der Waals surface area contributed by atoms with Gasteiger partial charge in [0.15, 0.2) is 11.5 Å². The van der Waals surface area contributed by atoms with Crippen LogP contribution in [0.4, 0.5) is 11.6 Å². The van der Waals surface area contributed by atoms with Crippen LogP contribution in [-0.4, -0.2) is 58.2 Å². The monoisotopic (exact) mass is 514 g/mol. The first-order valence-corrected chi connectivity index (χ1v) is 12.8. The zero-order valence-electron chi connectivity index (χ0n) is 19.3. The third kappa shape index (κ3) is 5.18. The molecule has 1 aromatic heterocycles. The van der Waals surface area contributed by atoms with Crippen molar-refractivity contribution in [1.82, 2.24) is 14.9 Å². The molecule has 3 heterocycles. The lowest BCUT2D eigenvalue weighted by atomic mass is 9.76. The zero-order valence-corrected chi connectivity index (χ0v) is 20.8. The molecular weight excluding hydrogens is 487 g/mol. The Morgan fingerprint density at radius 3 is 2.74 bits per heavy atom. The van der Waals surface area contributed by atoms with Gasteiger partial charge in [0.25, 0.3) is 0 Å². The van der Waals surface area contributed by atoms with E-state index in [9.17, 15) is 15.2 Å². The number of anilines is 2. The third-order valence-electron chi connectivity index (χ3n) is 7.68. The molecule has 0 spiro atoms. The van der Waals surface area contributed by atoms with E-state index in [1.54, 1.807) is 18.3 Å². The number of rotatable bonds is 7. The summed E-state index contributed by atoms with van der Waals surface area (Å²) >= 11 is 12.2. The van der Waals surface area contributed by atoms with Crippen molar-refractivity contribution in [3.63, 3.8) is 0 Å². The Labute approximate surface area is 214 Å². The fraction of sp³-hybridized carbons (Fsp3) is 0.520. The fourth-order valence-corrected chi connectivity index (χ4v) is 5.92. The number of hydrogen-bond donors (Lipinski definition) is 2. The molecule has 0 amide bonds. The van der Waals surface area contributed by atoms with Crippen molar-refractivity contribution in [3.8, 4) is 6.07 Å². The minimum Gasteiger partial charge on any atom is -0.481 e. The highest BCUT2D eigenvalue weighted by atomic mass is 35.5. The first kappa shape index (κ1) is 24.1. The van der Waals surface area contributed by atoms with Crippen LogP contribution >= 0.6 is 23.2 Å². The van der Waals surface area contributed by atoms with E-state index in [1.807, 2.05) is 6.07 Å². The SMILES string of the molecule is N#Cc1ncc(NCc2ccc(Cl)cc2Cl)nc1N1CC(C2CCCN(C3CC(C(=O)O)C3)C2)C1. The molecule has 1 aliphatic carbocycles. The van der Waals surface area contributed by atoms with Gasteiger partial charge in [0.2, 0.25) is 0 Å². The summed E-state index contributed by atoms with van der Waals surface area (Å²) in [5.74, 6) is 1.52. The predicted octanol–water partition coefficient (Wildman–Crippen LogP) is 4.28. The molecule has 1 aromatic carbocycles. The number of carbonyl (C=O) groups is 1. The van der Waals surface area contributed by atoms with Crippen molar-refractivity contribution in [2.45, 2.75) is 38.3 Å². The summed E-state index contributed by atoms with van der Waals surface area (Å²) in [7, 11) is 0. The van der Waals surface area contributed by atoms with Gasteiger partial charge in [-0.1, -0.05) is 29.3 Å². The van der Waals surface area contributed by atoms with E-state index in [1.165, 1.54) is 6.42 Å². The van der Waals surface area contributed by atoms with Gasteiger partial charge in [0.1, 0.15) is 11.9 Å². The molecule has 0 bridgehead atoms. The molecule has 1 saturated carbocycles. The fourth-order valence-electron chi connectivity index (χ4n) is 5.44. The number of nitriles is 1. The average Bonchev–Trinajstić information content (AvgIpc) is 2.77. The van der Waals surface area contributed by atoms with Crippen LogP contribution in [-0.2, 0) is 11.3 Å². The first-order valence-electron chi connectivity index (χ1n) is 12.1. The molecule has 10 heteroatoms. The van der Waals surface area contributed by atoms with E-state index in [2.05, 4.69) is 26.2 Å². The Hall–Kier alpha value is -2.60. The maximum Gasteiger partial charge on any atom is 0.306 e. The molecule has 1 atom stereocenters. The summed E-state index contributed by atoms with van der Waals surface area (Å²) in [5.41, 5.74) is 1.23. The van der Waals surface area contributed by atoms with Gasteiger partial charge in [-0.15, -0.1) is 0 Å². The van der Waals surface area contributed by atoms with Gasteiger partial charge in [-0.25, -0.2) is 9.97 Å². The number of aromatic nitrogens is 2. The quantitative estimate of drug-likeness (QED) is 0.563. The highest BCUT2D eigenvalue weighted by molar-refractivity contribution is 6.35. The van der Waals surface area contributed by atoms with E-state index < -0.39 is 5.97 Å². The van der Waals surface area contributed by atoms with Crippen LogP contribution in [0.1, 0.15) is 36.9 Å². The van der Waals surface area contributed by atoms with Gasteiger partial charge < -0.3 is 20.2 Å². The largest absolute Gasteiger partial charge is 0.481 e. The van der Waals surface area contributed by atoms with E-state index in [4.69, 9.17) is 28.2 Å². The van der Waals surface area contributed by atoms with Crippen molar-refractivity contribution in [3.05, 3.63) is 45.7 Å². The van der Waals surface area contributed by atoms with Gasteiger partial charge >= 0.3 is 5.97 Å². The van der Waals surface area contributed by atoms with Crippen molar-refractivity contribution in [2.24, 2.45) is 17.8 Å². The predicted molar refractivity (Wildman–Crippen MR) is 135 cm³/mol. The maximum atomic E-state index is 11.2. The number of nitrogens with zero attached hydrogens (tertiary/aromatic N) is 5. The van der Waals surface area contributed by atoms with Crippen LogP contribution in [0, 0.1) is 29.1 Å². The number of aliphatic carboxylic acids is 1. The van der Waals surface area contributed by atoms with E-state index in [0.29, 0.717) is 51.8 Å². The van der Waals surface area contributed by atoms with Gasteiger partial charge in [-0.3, -0.25) is 4.79 Å². The summed E-state index contributed by atoms with van der Waals surface area (Å²) in [6.07, 6.45) is 5.49. The second kappa shape index (κ2) is 10.2. The Balaban J connectivity index is 1.18. The number of likely N-dealkylation sites (tertiary alicyclic amines) is 1. The van der Waals surface area contributed by atoms with Crippen molar-refractivity contribution in [2.75, 3.05) is 36.4 Å². The number of piperidine rings is 1. The van der Waals surface area contributed by atoms with E-state index in [0.717, 1.165) is 51.0 Å². The number of carboxylic acids is 1. The van der Waals surface area contributed by atoms with Crippen LogP contribution in [0.5, 0.6) is 0 Å². The van der Waals surface area contributed by atoms with Crippen LogP contribution < -0.4 is 10.2 Å². The lowest BCUT2D eigenvalue weighted by molar-refractivity contribution is -0.147. The van der Waals surface area contributed by atoms with Crippen LogP contribution in [0.2, 0.25) is 10.0 Å². The number of hydrogen-bond acceptors (Lipinski definition) is 7. The second-order valence-corrected chi connectivity index (χ2v) is 10.7. The average molecular weight is 515 g/mol. The Bertz CT molecular complexity index is 1140. The summed E-state index contributed by atoms with van der Waals surface area (Å²) in [5, 5.41) is 23.2. The number of halogens is 2. The lowest BCUT2D eigenvalue weighted by Crippen LogP contribution is -2.56. The molecule has 8 nitrogen and oxygen atoms in total. The topological polar surface area (TPSA) is 105 Å². The second-order valence-electron chi connectivity index (χ2n) is 9.85. The molecule has 2 aromatic rings. The van der Waals surface area contributed by atoms with Crippen molar-refractivity contribution < 1.29 is 9.90 Å². The molecule has 0 radical (unpaired) electrons. The summed E-state index contributed by atoms with van der Waals surface area (Å²) in [6.45, 7) is 4.29. The van der Waals surface area contributed by atoms with E-state index in [-0.39, 0.29) is 5.92 Å². The lowest BCUT2D eigenvalue weighted by Gasteiger charge is -2.50. The smallest absolute Gasteiger partial charge is 0.306 e. The molecule has 2 aliphatic heterocycles. The van der Waals surface area contributed by atoms with Gasteiger partial charge in [-0.2, -0.15) is 5.26 Å². The standard InChI is InChI=1S/C25H28Cl2N6O2/c26-19-4-3-15(21(27)8-19)10-30-23-11-29-22(9-28)24(31-23)33-13-18(14-33)16-2-1-5-32(12-16)20-6-17(7-20)25(34)35/h3-4,8,11,16-18,20H,1-2,5-7,10,12-14H2,(H,30,31)(H,34,35). The summed E-state index contributed by atoms with van der Waals surface area (Å²) in [4.78, 5) is 24.8.